The highest BCUT2D eigenvalue weighted by Gasteiger charge is 2.14. The van der Waals surface area contributed by atoms with Gasteiger partial charge in [-0.15, -0.1) is 11.3 Å². The van der Waals surface area contributed by atoms with Crippen LogP contribution < -0.4 is 20.4 Å². The summed E-state index contributed by atoms with van der Waals surface area (Å²) in [7, 11) is 0. The van der Waals surface area contributed by atoms with Crippen LogP contribution in [-0.4, -0.2) is 57.5 Å². The van der Waals surface area contributed by atoms with Crippen molar-refractivity contribution >= 4 is 27.8 Å². The first kappa shape index (κ1) is 16.6. The first-order valence-electron chi connectivity index (χ1n) is 8.95. The third-order valence-corrected chi connectivity index (χ3v) is 5.70. The molecule has 1 aromatic heterocycles. The summed E-state index contributed by atoms with van der Waals surface area (Å²) >= 11 is 1.77. The van der Waals surface area contributed by atoms with E-state index in [1.54, 1.807) is 11.3 Å². The van der Waals surface area contributed by atoms with Gasteiger partial charge in [-0.05, 0) is 24.3 Å². The smallest absolute Gasteiger partial charge is 0.185 e. The molecule has 0 aliphatic carbocycles. The molecule has 2 fully saturated rings. The normalized spacial score (nSPS) is 18.4. The van der Waals surface area contributed by atoms with Gasteiger partial charge < -0.3 is 25.2 Å². The molecule has 0 amide bonds. The highest BCUT2D eigenvalue weighted by molar-refractivity contribution is 7.15. The molecule has 0 radical (unpaired) electrons. The van der Waals surface area contributed by atoms with Crippen LogP contribution in [0.25, 0.3) is 0 Å². The Morgan fingerprint density at radius 3 is 2.56 bits per heavy atom. The van der Waals surface area contributed by atoms with Crippen molar-refractivity contribution in [2.75, 3.05) is 67.6 Å². The summed E-state index contributed by atoms with van der Waals surface area (Å²) in [5.41, 5.74) is 2.46. The van der Waals surface area contributed by atoms with Crippen LogP contribution in [0, 0.1) is 0 Å². The number of hydrogen-bond acceptors (Lipinski definition) is 7. The van der Waals surface area contributed by atoms with Crippen LogP contribution in [0.5, 0.6) is 0 Å². The van der Waals surface area contributed by atoms with Gasteiger partial charge in [0, 0.05) is 61.7 Å². The van der Waals surface area contributed by atoms with Crippen LogP contribution in [0.15, 0.2) is 30.5 Å². The molecule has 7 heteroatoms. The highest BCUT2D eigenvalue weighted by atomic mass is 32.1. The maximum atomic E-state index is 5.40. The summed E-state index contributed by atoms with van der Waals surface area (Å²) in [6.07, 6.45) is 1.98. The molecule has 0 saturated carbocycles. The molecule has 0 unspecified atom stereocenters. The van der Waals surface area contributed by atoms with Gasteiger partial charge in [0.05, 0.1) is 19.8 Å². The number of ether oxygens (including phenoxy) is 1. The number of benzene rings is 1. The molecule has 25 heavy (non-hydrogen) atoms. The quantitative estimate of drug-likeness (QED) is 0.852. The van der Waals surface area contributed by atoms with Crippen LogP contribution in [0.3, 0.4) is 0 Å². The van der Waals surface area contributed by atoms with Gasteiger partial charge in [-0.25, -0.2) is 4.98 Å². The first-order chi connectivity index (χ1) is 12.4. The predicted molar refractivity (Wildman–Crippen MR) is 104 cm³/mol. The Bertz CT molecular complexity index is 662. The average molecular weight is 359 g/mol. The predicted octanol–water partition coefficient (Wildman–Crippen LogP) is 2.00. The molecule has 2 aromatic rings. The van der Waals surface area contributed by atoms with E-state index in [1.165, 1.54) is 10.6 Å². The van der Waals surface area contributed by atoms with E-state index >= 15 is 0 Å². The monoisotopic (exact) mass is 359 g/mol. The second-order valence-corrected chi connectivity index (χ2v) is 7.44. The number of thiazole rings is 1. The lowest BCUT2D eigenvalue weighted by molar-refractivity contribution is 0.122. The van der Waals surface area contributed by atoms with Gasteiger partial charge in [0.15, 0.2) is 5.13 Å². The van der Waals surface area contributed by atoms with E-state index in [-0.39, 0.29) is 0 Å². The molecule has 2 aliphatic rings. The maximum absolute atomic E-state index is 5.40. The number of morpholine rings is 1. The summed E-state index contributed by atoms with van der Waals surface area (Å²) in [6, 6.07) is 8.75. The Kier molecular flexibility index (Phi) is 5.34. The van der Waals surface area contributed by atoms with Crippen molar-refractivity contribution < 1.29 is 4.74 Å². The molecule has 1 aromatic carbocycles. The van der Waals surface area contributed by atoms with Crippen LogP contribution >= 0.6 is 11.3 Å². The van der Waals surface area contributed by atoms with Gasteiger partial charge in [-0.3, -0.25) is 0 Å². The zero-order chi connectivity index (χ0) is 16.9. The summed E-state index contributed by atoms with van der Waals surface area (Å²) in [4.78, 5) is 10.6. The van der Waals surface area contributed by atoms with E-state index in [0.717, 1.165) is 69.8 Å². The molecule has 4 rings (SSSR count). The lowest BCUT2D eigenvalue weighted by Crippen LogP contribution is -2.43. The van der Waals surface area contributed by atoms with Gasteiger partial charge in [0.25, 0.3) is 0 Å². The molecular formula is C18H25N5OS. The molecule has 3 heterocycles. The molecule has 134 valence electrons. The SMILES string of the molecule is c1cc(N2CCNCC2)ccc1NCc1cnc(N2CCOCC2)s1. The van der Waals surface area contributed by atoms with Crippen molar-refractivity contribution in [1.29, 1.82) is 0 Å². The Morgan fingerprint density at radius 1 is 1.04 bits per heavy atom. The third kappa shape index (κ3) is 4.23. The van der Waals surface area contributed by atoms with Crippen LogP contribution in [0.2, 0.25) is 0 Å². The zero-order valence-electron chi connectivity index (χ0n) is 14.4. The Hall–Kier alpha value is -1.83. The van der Waals surface area contributed by atoms with Gasteiger partial charge in [-0.1, -0.05) is 0 Å². The molecule has 6 nitrogen and oxygen atoms in total. The fraction of sp³-hybridized carbons (Fsp3) is 0.500. The van der Waals surface area contributed by atoms with Gasteiger partial charge in [0.1, 0.15) is 0 Å². The van der Waals surface area contributed by atoms with Crippen molar-refractivity contribution in [3.8, 4) is 0 Å². The minimum atomic E-state index is 0.798. The summed E-state index contributed by atoms with van der Waals surface area (Å²) in [5, 5.41) is 8.00. The lowest BCUT2D eigenvalue weighted by Gasteiger charge is -2.29. The van der Waals surface area contributed by atoms with E-state index < -0.39 is 0 Å². The minimum Gasteiger partial charge on any atom is -0.380 e. The van der Waals surface area contributed by atoms with E-state index in [0.29, 0.717) is 0 Å². The number of anilines is 3. The summed E-state index contributed by atoms with van der Waals surface area (Å²) < 4.78 is 5.40. The molecule has 2 N–H and O–H groups in total. The fourth-order valence-electron chi connectivity index (χ4n) is 3.18. The number of piperazine rings is 1. The summed E-state index contributed by atoms with van der Waals surface area (Å²) in [6.45, 7) is 8.58. The molecule has 0 spiro atoms. The molecule has 2 aliphatic heterocycles. The lowest BCUT2D eigenvalue weighted by atomic mass is 10.2. The van der Waals surface area contributed by atoms with Gasteiger partial charge >= 0.3 is 0 Å². The van der Waals surface area contributed by atoms with Crippen molar-refractivity contribution in [2.45, 2.75) is 6.54 Å². The minimum absolute atomic E-state index is 0.798. The standard InChI is InChI=1S/C18H25N5OS/c1-3-16(22-7-5-19-6-8-22)4-2-15(1)20-13-17-14-21-18(25-17)23-9-11-24-12-10-23/h1-4,14,19-20H,5-13H2. The number of rotatable bonds is 5. The van der Waals surface area contributed by atoms with E-state index in [2.05, 4.69) is 49.7 Å². The first-order valence-corrected chi connectivity index (χ1v) is 9.77. The van der Waals surface area contributed by atoms with Crippen molar-refractivity contribution in [3.63, 3.8) is 0 Å². The number of nitrogens with one attached hydrogen (secondary N) is 2. The number of hydrogen-bond donors (Lipinski definition) is 2. The van der Waals surface area contributed by atoms with Crippen LogP contribution in [0.4, 0.5) is 16.5 Å². The summed E-state index contributed by atoms with van der Waals surface area (Å²) in [5.74, 6) is 0. The number of nitrogens with zero attached hydrogens (tertiary/aromatic N) is 3. The average Bonchev–Trinajstić information content (AvgIpc) is 3.17. The Labute approximate surface area is 152 Å². The number of aromatic nitrogens is 1. The highest BCUT2D eigenvalue weighted by Crippen LogP contribution is 2.24. The molecular weight excluding hydrogens is 334 g/mol. The van der Waals surface area contributed by atoms with Crippen molar-refractivity contribution in [1.82, 2.24) is 10.3 Å². The van der Waals surface area contributed by atoms with Crippen molar-refractivity contribution in [3.05, 3.63) is 35.3 Å². The maximum Gasteiger partial charge on any atom is 0.185 e. The van der Waals surface area contributed by atoms with E-state index in [1.807, 2.05) is 6.20 Å². The van der Waals surface area contributed by atoms with Gasteiger partial charge in [-0.2, -0.15) is 0 Å². The Balaban J connectivity index is 1.31. The van der Waals surface area contributed by atoms with Crippen LogP contribution in [0.1, 0.15) is 4.88 Å². The third-order valence-electron chi connectivity index (χ3n) is 4.64. The molecule has 0 bridgehead atoms. The topological polar surface area (TPSA) is 52.7 Å². The molecule has 2 saturated heterocycles. The second kappa shape index (κ2) is 8.03. The fourth-order valence-corrected chi connectivity index (χ4v) is 4.08. The largest absolute Gasteiger partial charge is 0.380 e. The van der Waals surface area contributed by atoms with Crippen molar-refractivity contribution in [2.24, 2.45) is 0 Å². The van der Waals surface area contributed by atoms with E-state index in [9.17, 15) is 0 Å². The zero-order valence-corrected chi connectivity index (χ0v) is 15.2. The second-order valence-electron chi connectivity index (χ2n) is 6.35. The van der Waals surface area contributed by atoms with Gasteiger partial charge in [0.2, 0.25) is 0 Å². The van der Waals surface area contributed by atoms with Crippen LogP contribution in [-0.2, 0) is 11.3 Å². The Morgan fingerprint density at radius 2 is 1.80 bits per heavy atom. The molecule has 0 atom stereocenters. The van der Waals surface area contributed by atoms with E-state index in [4.69, 9.17) is 4.74 Å².